The van der Waals surface area contributed by atoms with Crippen LogP contribution in [0.4, 0.5) is 0 Å². The molecule has 2 aromatic rings. The molecule has 1 aliphatic rings. The van der Waals surface area contributed by atoms with Crippen molar-refractivity contribution in [3.8, 4) is 5.75 Å². The summed E-state index contributed by atoms with van der Waals surface area (Å²) in [6, 6.07) is 6.17. The number of nitrogens with zero attached hydrogens (tertiary/aromatic N) is 2. The zero-order valence-corrected chi connectivity index (χ0v) is 16.7. The van der Waals surface area contributed by atoms with Gasteiger partial charge in [0.15, 0.2) is 0 Å². The van der Waals surface area contributed by atoms with Crippen LogP contribution < -0.4 is 4.74 Å². The zero-order chi connectivity index (χ0) is 19.8. The van der Waals surface area contributed by atoms with Gasteiger partial charge in [0, 0.05) is 30.7 Å². The minimum absolute atomic E-state index is 0.0782. The molecule has 0 amide bonds. The van der Waals surface area contributed by atoms with Crippen molar-refractivity contribution in [2.45, 2.75) is 4.90 Å². The van der Waals surface area contributed by atoms with Crippen molar-refractivity contribution in [2.75, 3.05) is 39.5 Å². The number of rotatable bonds is 8. The monoisotopic (exact) mass is 424 g/mol. The lowest BCUT2D eigenvalue weighted by atomic mass is 10.3. The van der Waals surface area contributed by atoms with Crippen molar-refractivity contribution >= 4 is 33.4 Å². The molecule has 3 rings (SSSR count). The highest BCUT2D eigenvalue weighted by molar-refractivity contribution is 7.89. The molecule has 1 fully saturated rings. The maximum Gasteiger partial charge on any atom is 0.330 e. The first-order valence-electron chi connectivity index (χ1n) is 8.61. The first kappa shape index (κ1) is 20.5. The van der Waals surface area contributed by atoms with E-state index in [-0.39, 0.29) is 18.1 Å². The van der Waals surface area contributed by atoms with Crippen LogP contribution in [0.3, 0.4) is 0 Å². The molecule has 1 aromatic heterocycles. The summed E-state index contributed by atoms with van der Waals surface area (Å²) >= 11 is 1.42. The predicted octanol–water partition coefficient (Wildman–Crippen LogP) is 1.80. The third kappa shape index (κ3) is 5.61. The van der Waals surface area contributed by atoms with Crippen molar-refractivity contribution < 1.29 is 27.4 Å². The van der Waals surface area contributed by atoms with Gasteiger partial charge in [-0.15, -0.1) is 11.3 Å². The molecule has 1 saturated heterocycles. The number of morpholine rings is 1. The number of benzene rings is 1. The van der Waals surface area contributed by atoms with Crippen molar-refractivity contribution in [1.29, 1.82) is 0 Å². The summed E-state index contributed by atoms with van der Waals surface area (Å²) in [5, 5.41) is 2.54. The smallest absolute Gasteiger partial charge is 0.330 e. The average Bonchev–Trinajstić information content (AvgIpc) is 3.24. The molecule has 0 unspecified atom stereocenters. The Morgan fingerprint density at radius 1 is 1.21 bits per heavy atom. The van der Waals surface area contributed by atoms with Crippen LogP contribution in [0.2, 0.25) is 0 Å². The van der Waals surface area contributed by atoms with E-state index in [0.29, 0.717) is 32.1 Å². The molecule has 28 heavy (non-hydrogen) atoms. The molecular formula is C18H20N2O6S2. The van der Waals surface area contributed by atoms with Gasteiger partial charge in [0.25, 0.3) is 0 Å². The van der Waals surface area contributed by atoms with E-state index in [1.54, 1.807) is 24.4 Å². The van der Waals surface area contributed by atoms with E-state index in [0.717, 1.165) is 5.01 Å². The molecule has 10 heteroatoms. The van der Waals surface area contributed by atoms with Gasteiger partial charge < -0.3 is 14.2 Å². The van der Waals surface area contributed by atoms with Gasteiger partial charge in [0.2, 0.25) is 10.0 Å². The van der Waals surface area contributed by atoms with Crippen LogP contribution in [-0.4, -0.2) is 63.2 Å². The molecule has 150 valence electrons. The largest absolute Gasteiger partial charge is 0.490 e. The molecular weight excluding hydrogens is 404 g/mol. The van der Waals surface area contributed by atoms with Gasteiger partial charge in [-0.2, -0.15) is 4.31 Å². The lowest BCUT2D eigenvalue weighted by molar-refractivity contribution is -0.138. The molecule has 0 N–H and O–H groups in total. The number of hydrogen-bond acceptors (Lipinski definition) is 8. The highest BCUT2D eigenvalue weighted by atomic mass is 32.2. The molecule has 0 aliphatic carbocycles. The Labute approximate surface area is 167 Å². The number of aromatic nitrogens is 1. The summed E-state index contributed by atoms with van der Waals surface area (Å²) in [4.78, 5) is 15.8. The molecule has 1 aromatic carbocycles. The van der Waals surface area contributed by atoms with E-state index in [9.17, 15) is 13.2 Å². The number of hydrogen-bond donors (Lipinski definition) is 0. The van der Waals surface area contributed by atoms with Gasteiger partial charge >= 0.3 is 5.97 Å². The second kappa shape index (κ2) is 9.78. The van der Waals surface area contributed by atoms with E-state index in [1.807, 2.05) is 5.38 Å². The Bertz CT molecular complexity index is 889. The van der Waals surface area contributed by atoms with Crippen molar-refractivity contribution in [3.63, 3.8) is 0 Å². The highest BCUT2D eigenvalue weighted by Gasteiger charge is 2.26. The number of carbonyl (C=O) groups is 1. The first-order chi connectivity index (χ1) is 13.6. The van der Waals surface area contributed by atoms with Crippen LogP contribution >= 0.6 is 11.3 Å². The first-order valence-corrected chi connectivity index (χ1v) is 10.9. The van der Waals surface area contributed by atoms with Gasteiger partial charge in [0.1, 0.15) is 24.0 Å². The van der Waals surface area contributed by atoms with Crippen molar-refractivity contribution in [3.05, 3.63) is 46.9 Å². The molecule has 1 aliphatic heterocycles. The maximum absolute atomic E-state index is 12.5. The highest BCUT2D eigenvalue weighted by Crippen LogP contribution is 2.20. The van der Waals surface area contributed by atoms with Crippen LogP contribution in [0.15, 0.2) is 46.8 Å². The molecule has 0 bridgehead atoms. The quantitative estimate of drug-likeness (QED) is 0.362. The Balaban J connectivity index is 1.43. The van der Waals surface area contributed by atoms with Gasteiger partial charge in [-0.1, -0.05) is 0 Å². The SMILES string of the molecule is O=C(/C=C/c1nccs1)OCCOc1ccc(S(=O)(=O)N2CCOCC2)cc1. The minimum atomic E-state index is -3.52. The summed E-state index contributed by atoms with van der Waals surface area (Å²) in [6.07, 6.45) is 4.55. The number of ether oxygens (including phenoxy) is 3. The third-order valence-corrected chi connectivity index (χ3v) is 6.50. The van der Waals surface area contributed by atoms with Crippen molar-refractivity contribution in [2.24, 2.45) is 0 Å². The zero-order valence-electron chi connectivity index (χ0n) is 15.0. The minimum Gasteiger partial charge on any atom is -0.490 e. The molecule has 8 nitrogen and oxygen atoms in total. The number of esters is 1. The van der Waals surface area contributed by atoms with Gasteiger partial charge in [0.05, 0.1) is 18.1 Å². The van der Waals surface area contributed by atoms with E-state index >= 15 is 0 Å². The van der Waals surface area contributed by atoms with E-state index in [1.165, 1.54) is 33.9 Å². The standard InChI is InChI=1S/C18H20N2O6S2/c21-18(6-5-17-19-7-14-27-17)26-13-12-25-15-1-3-16(4-2-15)28(22,23)20-8-10-24-11-9-20/h1-7,14H,8-13H2/b6-5+. The number of thiazole rings is 1. The second-order valence-corrected chi connectivity index (χ2v) is 8.57. The molecule has 0 radical (unpaired) electrons. The summed E-state index contributed by atoms with van der Waals surface area (Å²) in [6.45, 7) is 1.74. The number of carbonyl (C=O) groups excluding carboxylic acids is 1. The molecule has 2 heterocycles. The Hall–Kier alpha value is -2.27. The topological polar surface area (TPSA) is 95.0 Å². The second-order valence-electron chi connectivity index (χ2n) is 5.71. The maximum atomic E-state index is 12.5. The third-order valence-electron chi connectivity index (χ3n) is 3.84. The van der Waals surface area contributed by atoms with Crippen LogP contribution in [0.25, 0.3) is 6.08 Å². The lowest BCUT2D eigenvalue weighted by Crippen LogP contribution is -2.40. The van der Waals surface area contributed by atoms with Crippen LogP contribution in [0.1, 0.15) is 5.01 Å². The van der Waals surface area contributed by atoms with Crippen LogP contribution in [0, 0.1) is 0 Å². The van der Waals surface area contributed by atoms with Gasteiger partial charge in [-0.3, -0.25) is 0 Å². The lowest BCUT2D eigenvalue weighted by Gasteiger charge is -2.26. The fourth-order valence-corrected chi connectivity index (χ4v) is 4.39. The predicted molar refractivity (Wildman–Crippen MR) is 104 cm³/mol. The Morgan fingerprint density at radius 2 is 1.96 bits per heavy atom. The molecule has 0 atom stereocenters. The average molecular weight is 425 g/mol. The van der Waals surface area contributed by atoms with Gasteiger partial charge in [-0.25, -0.2) is 18.2 Å². The number of sulfonamides is 1. The normalized spacial score (nSPS) is 15.6. The molecule has 0 saturated carbocycles. The van der Waals surface area contributed by atoms with Crippen LogP contribution in [0.5, 0.6) is 5.75 Å². The van der Waals surface area contributed by atoms with Crippen LogP contribution in [-0.2, 0) is 24.3 Å². The van der Waals surface area contributed by atoms with E-state index in [2.05, 4.69) is 4.98 Å². The summed E-state index contributed by atoms with van der Waals surface area (Å²) in [5.74, 6) is 0.0149. The van der Waals surface area contributed by atoms with Gasteiger partial charge in [-0.05, 0) is 30.3 Å². The summed E-state index contributed by atoms with van der Waals surface area (Å²) in [5.41, 5.74) is 0. The Kier molecular flexibility index (Phi) is 7.15. The molecule has 0 spiro atoms. The summed E-state index contributed by atoms with van der Waals surface area (Å²) < 4.78 is 42.2. The summed E-state index contributed by atoms with van der Waals surface area (Å²) in [7, 11) is -3.52. The Morgan fingerprint density at radius 3 is 2.64 bits per heavy atom. The van der Waals surface area contributed by atoms with E-state index < -0.39 is 16.0 Å². The fourth-order valence-electron chi connectivity index (χ4n) is 2.45. The van der Waals surface area contributed by atoms with Crippen molar-refractivity contribution in [1.82, 2.24) is 9.29 Å². The fraction of sp³-hybridized carbons (Fsp3) is 0.333. The van der Waals surface area contributed by atoms with E-state index in [4.69, 9.17) is 14.2 Å².